The van der Waals surface area contributed by atoms with Gasteiger partial charge in [-0.3, -0.25) is 0 Å². The highest BCUT2D eigenvalue weighted by molar-refractivity contribution is 6.17. The number of imidazole rings is 1. The van der Waals surface area contributed by atoms with E-state index in [1.54, 1.807) is 13.3 Å². The molecule has 0 amide bonds. The molecule has 0 radical (unpaired) electrons. The predicted molar refractivity (Wildman–Crippen MR) is 73.2 cm³/mol. The van der Waals surface area contributed by atoms with Crippen LogP contribution in [0.3, 0.4) is 0 Å². The zero-order chi connectivity index (χ0) is 13.8. The summed E-state index contributed by atoms with van der Waals surface area (Å²) in [4.78, 5) is 20.1. The fraction of sp³-hybridized carbons (Fsp3) is 0.417. The summed E-state index contributed by atoms with van der Waals surface area (Å²) >= 11 is 5.69. The molecule has 0 fully saturated rings. The number of aryl methyl sites for hydroxylation is 1. The largest absolute Gasteiger partial charge is 0.462 e. The smallest absolute Gasteiger partial charge is 0.341 e. The van der Waals surface area contributed by atoms with Gasteiger partial charge in [0.15, 0.2) is 5.82 Å². The second-order valence-corrected chi connectivity index (χ2v) is 4.33. The summed E-state index contributed by atoms with van der Waals surface area (Å²) in [6.45, 7) is 2.72. The van der Waals surface area contributed by atoms with Gasteiger partial charge in [-0.2, -0.15) is 0 Å². The maximum absolute atomic E-state index is 11.9. The molecule has 0 aliphatic carbocycles. The number of aromatic nitrogens is 3. The fourth-order valence-corrected chi connectivity index (χ4v) is 1.99. The number of hydrogen-bond acceptors (Lipinski definition) is 5. The molecule has 0 saturated carbocycles. The molecular formula is C12H15ClN4O2. The molecule has 0 aliphatic rings. The van der Waals surface area contributed by atoms with E-state index in [0.717, 1.165) is 6.42 Å². The quantitative estimate of drug-likeness (QED) is 0.668. The number of esters is 1. The van der Waals surface area contributed by atoms with Crippen LogP contribution in [0.2, 0.25) is 0 Å². The van der Waals surface area contributed by atoms with E-state index in [2.05, 4.69) is 9.97 Å². The van der Waals surface area contributed by atoms with Gasteiger partial charge in [0.2, 0.25) is 0 Å². The van der Waals surface area contributed by atoms with Gasteiger partial charge in [-0.15, -0.1) is 11.6 Å². The summed E-state index contributed by atoms with van der Waals surface area (Å²) < 4.78 is 6.87. The van der Waals surface area contributed by atoms with Crippen LogP contribution in [0.4, 0.5) is 5.82 Å². The van der Waals surface area contributed by atoms with Crippen molar-refractivity contribution in [2.24, 2.45) is 0 Å². The summed E-state index contributed by atoms with van der Waals surface area (Å²) in [5.41, 5.74) is 7.31. The second kappa shape index (κ2) is 5.88. The maximum atomic E-state index is 11.9. The number of halogens is 1. The SMILES string of the molecule is CCOC(=O)c1cnc(N)c2ncn(CCCCl)c12. The monoisotopic (exact) mass is 282 g/mol. The van der Waals surface area contributed by atoms with Gasteiger partial charge < -0.3 is 15.0 Å². The number of nitrogen functional groups attached to an aromatic ring is 1. The third-order valence-electron chi connectivity index (χ3n) is 2.70. The molecule has 2 heterocycles. The van der Waals surface area contributed by atoms with Crippen molar-refractivity contribution >= 4 is 34.4 Å². The number of fused-ring (bicyclic) bond motifs is 1. The first kappa shape index (κ1) is 13.6. The van der Waals surface area contributed by atoms with Gasteiger partial charge in [0, 0.05) is 18.6 Å². The van der Waals surface area contributed by atoms with E-state index in [1.165, 1.54) is 6.20 Å². The number of ether oxygens (including phenoxy) is 1. The summed E-state index contributed by atoms with van der Waals surface area (Å²) in [6.07, 6.45) is 3.84. The zero-order valence-electron chi connectivity index (χ0n) is 10.6. The molecule has 0 aliphatic heterocycles. The van der Waals surface area contributed by atoms with Gasteiger partial charge in [0.05, 0.1) is 18.5 Å². The predicted octanol–water partition coefficient (Wildman–Crippen LogP) is 1.82. The number of hydrogen-bond donors (Lipinski definition) is 1. The molecule has 7 heteroatoms. The Morgan fingerprint density at radius 3 is 3.00 bits per heavy atom. The van der Waals surface area contributed by atoms with E-state index in [0.29, 0.717) is 41.4 Å². The van der Waals surface area contributed by atoms with Crippen molar-refractivity contribution in [2.45, 2.75) is 19.9 Å². The minimum atomic E-state index is -0.423. The van der Waals surface area contributed by atoms with Crippen molar-refractivity contribution in [3.63, 3.8) is 0 Å². The number of alkyl halides is 1. The topological polar surface area (TPSA) is 83.0 Å². The second-order valence-electron chi connectivity index (χ2n) is 3.96. The number of anilines is 1. The van der Waals surface area contributed by atoms with Crippen molar-refractivity contribution in [3.05, 3.63) is 18.1 Å². The zero-order valence-corrected chi connectivity index (χ0v) is 11.4. The van der Waals surface area contributed by atoms with Gasteiger partial charge in [-0.25, -0.2) is 14.8 Å². The van der Waals surface area contributed by atoms with Crippen LogP contribution in [-0.2, 0) is 11.3 Å². The molecule has 2 rings (SSSR count). The van der Waals surface area contributed by atoms with Crippen LogP contribution < -0.4 is 5.73 Å². The summed E-state index contributed by atoms with van der Waals surface area (Å²) in [6, 6.07) is 0. The molecule has 0 spiro atoms. The molecule has 0 saturated heterocycles. The first-order chi connectivity index (χ1) is 9.19. The Hall–Kier alpha value is -1.82. The summed E-state index contributed by atoms with van der Waals surface area (Å²) in [7, 11) is 0. The average Bonchev–Trinajstić information content (AvgIpc) is 2.82. The number of carbonyl (C=O) groups excluding carboxylic acids is 1. The number of nitrogens with two attached hydrogens (primary N) is 1. The highest BCUT2D eigenvalue weighted by Crippen LogP contribution is 2.22. The number of nitrogens with zero attached hydrogens (tertiary/aromatic N) is 3. The minimum Gasteiger partial charge on any atom is -0.462 e. The van der Waals surface area contributed by atoms with E-state index in [4.69, 9.17) is 22.1 Å². The Balaban J connectivity index is 2.53. The molecular weight excluding hydrogens is 268 g/mol. The molecule has 0 unspecified atom stereocenters. The first-order valence-corrected chi connectivity index (χ1v) is 6.54. The highest BCUT2D eigenvalue weighted by Gasteiger charge is 2.18. The third-order valence-corrected chi connectivity index (χ3v) is 2.96. The van der Waals surface area contributed by atoms with Gasteiger partial charge in [-0.05, 0) is 13.3 Å². The fourth-order valence-electron chi connectivity index (χ4n) is 1.87. The molecule has 2 aromatic rings. The molecule has 0 aromatic carbocycles. The Labute approximate surface area is 115 Å². The number of carbonyl (C=O) groups is 1. The highest BCUT2D eigenvalue weighted by atomic mass is 35.5. The van der Waals surface area contributed by atoms with Crippen molar-refractivity contribution < 1.29 is 9.53 Å². The lowest BCUT2D eigenvalue weighted by Gasteiger charge is -2.08. The van der Waals surface area contributed by atoms with Crippen molar-refractivity contribution in [1.29, 1.82) is 0 Å². The lowest BCUT2D eigenvalue weighted by Crippen LogP contribution is -2.09. The lowest BCUT2D eigenvalue weighted by molar-refractivity contribution is 0.0528. The molecule has 0 bridgehead atoms. The van der Waals surface area contributed by atoms with Crippen LogP contribution in [0.15, 0.2) is 12.5 Å². The van der Waals surface area contributed by atoms with Crippen molar-refractivity contribution in [2.75, 3.05) is 18.2 Å². The van der Waals surface area contributed by atoms with E-state index in [9.17, 15) is 4.79 Å². The lowest BCUT2D eigenvalue weighted by atomic mass is 10.2. The normalized spacial score (nSPS) is 10.8. The van der Waals surface area contributed by atoms with Gasteiger partial charge in [-0.1, -0.05) is 0 Å². The average molecular weight is 283 g/mol. The van der Waals surface area contributed by atoms with E-state index >= 15 is 0 Å². The minimum absolute atomic E-state index is 0.299. The van der Waals surface area contributed by atoms with Gasteiger partial charge in [0.25, 0.3) is 0 Å². The standard InChI is InChI=1S/C12H15ClN4O2/c1-2-19-12(18)8-6-15-11(14)9-10(8)17(7-16-9)5-3-4-13/h6-7H,2-5H2,1H3,(H2,14,15). The summed E-state index contributed by atoms with van der Waals surface area (Å²) in [5, 5.41) is 0. The van der Waals surface area contributed by atoms with Crippen LogP contribution in [0, 0.1) is 0 Å². The van der Waals surface area contributed by atoms with Crippen molar-refractivity contribution in [1.82, 2.24) is 14.5 Å². The van der Waals surface area contributed by atoms with E-state index in [-0.39, 0.29) is 0 Å². The Bertz CT molecular complexity index is 597. The Morgan fingerprint density at radius 2 is 2.32 bits per heavy atom. The first-order valence-electron chi connectivity index (χ1n) is 6.01. The van der Waals surface area contributed by atoms with Crippen LogP contribution in [0.5, 0.6) is 0 Å². The Kier molecular flexibility index (Phi) is 4.21. The van der Waals surface area contributed by atoms with Crippen LogP contribution >= 0.6 is 11.6 Å². The maximum Gasteiger partial charge on any atom is 0.341 e. The summed E-state index contributed by atoms with van der Waals surface area (Å²) in [5.74, 6) is 0.412. The molecule has 102 valence electrons. The van der Waals surface area contributed by atoms with Crippen molar-refractivity contribution in [3.8, 4) is 0 Å². The number of pyridine rings is 1. The Morgan fingerprint density at radius 1 is 1.53 bits per heavy atom. The number of rotatable bonds is 5. The van der Waals surface area contributed by atoms with Gasteiger partial charge in [0.1, 0.15) is 11.1 Å². The van der Waals surface area contributed by atoms with Crippen LogP contribution in [0.25, 0.3) is 11.0 Å². The molecule has 2 aromatic heterocycles. The molecule has 2 N–H and O–H groups in total. The van der Waals surface area contributed by atoms with Crippen LogP contribution in [0.1, 0.15) is 23.7 Å². The molecule has 0 atom stereocenters. The molecule has 6 nitrogen and oxygen atoms in total. The van der Waals surface area contributed by atoms with E-state index in [1.807, 2.05) is 4.57 Å². The van der Waals surface area contributed by atoms with E-state index < -0.39 is 5.97 Å². The van der Waals surface area contributed by atoms with Gasteiger partial charge >= 0.3 is 5.97 Å². The van der Waals surface area contributed by atoms with Crippen LogP contribution in [-0.4, -0.2) is 33.0 Å². The third kappa shape index (κ3) is 2.63. The molecule has 19 heavy (non-hydrogen) atoms.